The number of rotatable bonds is 6. The summed E-state index contributed by atoms with van der Waals surface area (Å²) in [4.78, 5) is 23.9. The number of nitro benzene ring substituents is 1. The van der Waals surface area contributed by atoms with Crippen LogP contribution in [-0.2, 0) is 4.74 Å². The quantitative estimate of drug-likeness (QED) is 0.498. The van der Waals surface area contributed by atoms with Crippen molar-refractivity contribution < 1.29 is 18.8 Å². The van der Waals surface area contributed by atoms with Gasteiger partial charge in [0.05, 0.1) is 23.8 Å². The molecule has 0 aliphatic carbocycles. The number of H-pyrrole nitrogens is 1. The number of nitrogens with zero attached hydrogens (tertiary/aromatic N) is 3. The van der Waals surface area contributed by atoms with E-state index in [1.807, 2.05) is 0 Å². The molecule has 0 saturated carbocycles. The summed E-state index contributed by atoms with van der Waals surface area (Å²) in [5.41, 5.74) is -0.114. The van der Waals surface area contributed by atoms with Crippen LogP contribution >= 0.6 is 0 Å². The maximum Gasteiger partial charge on any atom is 0.343 e. The van der Waals surface area contributed by atoms with E-state index in [4.69, 9.17) is 4.74 Å². The zero-order valence-electron chi connectivity index (χ0n) is 12.6. The third-order valence-electron chi connectivity index (χ3n) is 3.13. The minimum atomic E-state index is -0.716. The molecule has 0 atom stereocenters. The van der Waals surface area contributed by atoms with Crippen molar-refractivity contribution in [1.82, 2.24) is 10.2 Å². The topological polar surface area (TPSA) is 101 Å². The Bertz CT molecular complexity index is 731. The molecule has 0 spiro atoms. The molecule has 0 fully saturated rings. The van der Waals surface area contributed by atoms with E-state index >= 15 is 0 Å². The predicted octanol–water partition coefficient (Wildman–Crippen LogP) is 2.79. The van der Waals surface area contributed by atoms with Gasteiger partial charge in [0.15, 0.2) is 0 Å². The van der Waals surface area contributed by atoms with Crippen molar-refractivity contribution in [1.29, 1.82) is 0 Å². The number of hydrogen-bond acceptors (Lipinski definition) is 6. The molecule has 1 aromatic heterocycles. The van der Waals surface area contributed by atoms with Crippen molar-refractivity contribution in [3.63, 3.8) is 0 Å². The summed E-state index contributed by atoms with van der Waals surface area (Å²) in [6.07, 6.45) is 1.28. The van der Waals surface area contributed by atoms with Crippen molar-refractivity contribution in [3.05, 3.63) is 45.9 Å². The van der Waals surface area contributed by atoms with Crippen molar-refractivity contribution in [2.45, 2.75) is 13.8 Å². The van der Waals surface area contributed by atoms with Gasteiger partial charge in [-0.1, -0.05) is 0 Å². The van der Waals surface area contributed by atoms with Crippen LogP contribution in [0.4, 0.5) is 21.6 Å². The Morgan fingerprint density at radius 1 is 1.48 bits per heavy atom. The Morgan fingerprint density at radius 3 is 2.83 bits per heavy atom. The van der Waals surface area contributed by atoms with Gasteiger partial charge in [0.1, 0.15) is 22.9 Å². The van der Waals surface area contributed by atoms with E-state index in [2.05, 4.69) is 10.2 Å². The van der Waals surface area contributed by atoms with Crippen LogP contribution in [0.2, 0.25) is 0 Å². The van der Waals surface area contributed by atoms with Gasteiger partial charge in [-0.3, -0.25) is 15.2 Å². The van der Waals surface area contributed by atoms with Gasteiger partial charge in [-0.15, -0.1) is 0 Å². The van der Waals surface area contributed by atoms with E-state index in [-0.39, 0.29) is 23.7 Å². The smallest absolute Gasteiger partial charge is 0.343 e. The minimum Gasteiger partial charge on any atom is -0.462 e. The number of halogens is 1. The number of carbonyl (C=O) groups excluding carboxylic acids is 1. The highest BCUT2D eigenvalue weighted by molar-refractivity contribution is 5.96. The molecule has 9 heteroatoms. The summed E-state index contributed by atoms with van der Waals surface area (Å²) in [7, 11) is 0. The van der Waals surface area contributed by atoms with Gasteiger partial charge in [-0.25, -0.2) is 9.18 Å². The molecule has 0 aliphatic rings. The number of ether oxygens (including phenoxy) is 1. The molecule has 8 nitrogen and oxygen atoms in total. The van der Waals surface area contributed by atoms with Gasteiger partial charge in [0.25, 0.3) is 5.69 Å². The van der Waals surface area contributed by atoms with Crippen molar-refractivity contribution in [3.8, 4) is 0 Å². The second-order valence-electron chi connectivity index (χ2n) is 4.49. The van der Waals surface area contributed by atoms with Gasteiger partial charge >= 0.3 is 5.97 Å². The van der Waals surface area contributed by atoms with E-state index < -0.39 is 22.4 Å². The first-order valence-corrected chi connectivity index (χ1v) is 6.91. The lowest BCUT2D eigenvalue weighted by Crippen LogP contribution is -2.21. The molecular formula is C14H15FN4O4. The molecule has 2 aromatic rings. The zero-order valence-corrected chi connectivity index (χ0v) is 12.6. The van der Waals surface area contributed by atoms with Gasteiger partial charge in [0.2, 0.25) is 0 Å². The molecule has 0 radical (unpaired) electrons. The highest BCUT2D eigenvalue weighted by atomic mass is 19.1. The molecule has 122 valence electrons. The van der Waals surface area contributed by atoms with Crippen LogP contribution in [0, 0.1) is 15.9 Å². The fourth-order valence-corrected chi connectivity index (χ4v) is 2.16. The van der Waals surface area contributed by atoms with Crippen molar-refractivity contribution >= 4 is 23.2 Å². The number of aromatic amines is 1. The SMILES string of the molecule is CCOC(=O)c1cn[nH]c1N(CC)c1ccc(F)cc1[N+](=O)[O-]. The Hall–Kier alpha value is -2.97. The van der Waals surface area contributed by atoms with Crippen molar-refractivity contribution in [2.75, 3.05) is 18.1 Å². The highest BCUT2D eigenvalue weighted by Gasteiger charge is 2.26. The fourth-order valence-electron chi connectivity index (χ4n) is 2.16. The molecule has 0 unspecified atom stereocenters. The first-order valence-electron chi connectivity index (χ1n) is 6.91. The first kappa shape index (κ1) is 16.4. The maximum atomic E-state index is 13.3. The molecule has 1 N–H and O–H groups in total. The molecule has 0 aliphatic heterocycles. The fraction of sp³-hybridized carbons (Fsp3) is 0.286. The van der Waals surface area contributed by atoms with Crippen LogP contribution in [0.3, 0.4) is 0 Å². The third kappa shape index (κ3) is 3.28. The van der Waals surface area contributed by atoms with E-state index in [1.54, 1.807) is 13.8 Å². The zero-order chi connectivity index (χ0) is 17.0. The monoisotopic (exact) mass is 322 g/mol. The Morgan fingerprint density at radius 2 is 2.22 bits per heavy atom. The van der Waals surface area contributed by atoms with E-state index in [1.165, 1.54) is 17.2 Å². The van der Waals surface area contributed by atoms with E-state index in [0.717, 1.165) is 12.1 Å². The lowest BCUT2D eigenvalue weighted by molar-refractivity contribution is -0.384. The molecule has 23 heavy (non-hydrogen) atoms. The van der Waals surface area contributed by atoms with Crippen molar-refractivity contribution in [2.24, 2.45) is 0 Å². The van der Waals surface area contributed by atoms with Gasteiger partial charge in [0, 0.05) is 6.54 Å². The Labute approximate surface area is 131 Å². The summed E-state index contributed by atoms with van der Waals surface area (Å²) >= 11 is 0. The number of aromatic nitrogens is 2. The van der Waals surface area contributed by atoms with Crippen LogP contribution < -0.4 is 4.90 Å². The molecular weight excluding hydrogens is 307 g/mol. The summed E-state index contributed by atoms with van der Waals surface area (Å²) in [6.45, 7) is 3.89. The Balaban J connectivity index is 2.52. The number of hydrogen-bond donors (Lipinski definition) is 1. The first-order chi connectivity index (χ1) is 11.0. The molecule has 1 aromatic carbocycles. The lowest BCUT2D eigenvalue weighted by atomic mass is 10.2. The number of benzene rings is 1. The van der Waals surface area contributed by atoms with E-state index in [9.17, 15) is 19.3 Å². The van der Waals surface area contributed by atoms with Crippen LogP contribution in [0.25, 0.3) is 0 Å². The average molecular weight is 322 g/mol. The van der Waals surface area contributed by atoms with Crippen LogP contribution in [0.5, 0.6) is 0 Å². The maximum absolute atomic E-state index is 13.3. The van der Waals surface area contributed by atoms with Crippen LogP contribution in [0.15, 0.2) is 24.4 Å². The largest absolute Gasteiger partial charge is 0.462 e. The van der Waals surface area contributed by atoms with Crippen LogP contribution in [-0.4, -0.2) is 34.2 Å². The number of nitrogens with one attached hydrogen (secondary N) is 1. The summed E-state index contributed by atoms with van der Waals surface area (Å²) < 4.78 is 18.2. The predicted molar refractivity (Wildman–Crippen MR) is 80.3 cm³/mol. The van der Waals surface area contributed by atoms with E-state index in [0.29, 0.717) is 6.54 Å². The van der Waals surface area contributed by atoms with Crippen LogP contribution in [0.1, 0.15) is 24.2 Å². The highest BCUT2D eigenvalue weighted by Crippen LogP contribution is 2.34. The average Bonchev–Trinajstić information content (AvgIpc) is 2.99. The van der Waals surface area contributed by atoms with Gasteiger partial charge in [-0.2, -0.15) is 5.10 Å². The summed E-state index contributed by atoms with van der Waals surface area (Å²) in [5.74, 6) is -1.06. The standard InChI is InChI=1S/C14H15FN4O4/c1-3-18(11-6-5-9(15)7-12(11)19(21)22)13-10(8-16-17-13)14(20)23-4-2/h5-8H,3-4H2,1-2H3,(H,16,17). The molecule has 2 rings (SSSR count). The van der Waals surface area contributed by atoms with Gasteiger partial charge < -0.3 is 9.64 Å². The molecule has 0 bridgehead atoms. The summed E-state index contributed by atoms with van der Waals surface area (Å²) in [6, 6.07) is 3.23. The lowest BCUT2D eigenvalue weighted by Gasteiger charge is -2.22. The molecule has 0 amide bonds. The number of anilines is 2. The molecule has 1 heterocycles. The normalized spacial score (nSPS) is 10.4. The number of carbonyl (C=O) groups is 1. The Kier molecular flexibility index (Phi) is 4.89. The van der Waals surface area contributed by atoms with Gasteiger partial charge in [-0.05, 0) is 26.0 Å². The molecule has 0 saturated heterocycles. The number of esters is 1. The second-order valence-corrected chi connectivity index (χ2v) is 4.49. The third-order valence-corrected chi connectivity index (χ3v) is 3.13. The minimum absolute atomic E-state index is 0.146. The second kappa shape index (κ2) is 6.86. The number of nitro groups is 1. The summed E-state index contributed by atoms with van der Waals surface area (Å²) in [5, 5.41) is 17.6.